The van der Waals surface area contributed by atoms with E-state index in [0.717, 1.165) is 17.8 Å². The van der Waals surface area contributed by atoms with Gasteiger partial charge in [0.05, 0.1) is 19.3 Å². The number of halogens is 1. The summed E-state index contributed by atoms with van der Waals surface area (Å²) in [5, 5.41) is 15.9. The van der Waals surface area contributed by atoms with E-state index in [2.05, 4.69) is 21.6 Å². The van der Waals surface area contributed by atoms with Crippen molar-refractivity contribution in [2.75, 3.05) is 36.9 Å². The molecule has 1 aromatic heterocycles. The molecule has 0 spiro atoms. The number of anilines is 2. The Bertz CT molecular complexity index is 1720. The highest BCUT2D eigenvalue weighted by Crippen LogP contribution is 2.17. The summed E-state index contributed by atoms with van der Waals surface area (Å²) in [6.45, 7) is 2.80. The van der Waals surface area contributed by atoms with Crippen molar-refractivity contribution >= 4 is 29.8 Å². The molecule has 11 heteroatoms. The summed E-state index contributed by atoms with van der Waals surface area (Å²) in [6, 6.07) is 26.6. The third kappa shape index (κ3) is 6.80. The lowest BCUT2D eigenvalue weighted by Crippen LogP contribution is -2.43. The van der Waals surface area contributed by atoms with Gasteiger partial charge >= 0.3 is 6.03 Å². The second kappa shape index (κ2) is 13.4. The van der Waals surface area contributed by atoms with Crippen molar-refractivity contribution in [2.24, 2.45) is 12.0 Å². The summed E-state index contributed by atoms with van der Waals surface area (Å²) in [6.07, 6.45) is -0.240. The number of nitrogens with zero attached hydrogens (tertiary/aromatic N) is 5. The van der Waals surface area contributed by atoms with Crippen LogP contribution < -0.4 is 16.1 Å². The summed E-state index contributed by atoms with van der Waals surface area (Å²) in [5.74, 6) is -0.0365. The number of amides is 2. The fourth-order valence-corrected chi connectivity index (χ4v) is 5.08. The van der Waals surface area contributed by atoms with Crippen LogP contribution in [0.4, 0.5) is 20.7 Å². The lowest BCUT2D eigenvalue weighted by molar-refractivity contribution is -0.0262. The predicted molar refractivity (Wildman–Crippen MR) is 161 cm³/mol. The third-order valence-electron chi connectivity index (χ3n) is 6.86. The van der Waals surface area contributed by atoms with Crippen LogP contribution in [0.2, 0.25) is 0 Å². The first-order valence-electron chi connectivity index (χ1n) is 13.5. The molecular weight excluding hydrogens is 553 g/mol. The number of nitrogens with one attached hydrogen (secondary N) is 2. The minimum Gasteiger partial charge on any atom is -0.374 e. The van der Waals surface area contributed by atoms with Crippen molar-refractivity contribution < 1.29 is 13.9 Å². The molecule has 214 valence electrons. The first-order valence-corrected chi connectivity index (χ1v) is 13.9. The second-order valence-electron chi connectivity index (χ2n) is 9.81. The van der Waals surface area contributed by atoms with Crippen LogP contribution >= 0.6 is 12.2 Å². The fraction of sp³-hybridized carbons (Fsp3) is 0.226. The summed E-state index contributed by atoms with van der Waals surface area (Å²) in [7, 11) is 1.70. The summed E-state index contributed by atoms with van der Waals surface area (Å²) in [4.78, 5) is 20.0. The minimum atomic E-state index is -0.516. The van der Waals surface area contributed by atoms with E-state index >= 15 is 0 Å². The van der Waals surface area contributed by atoms with E-state index in [9.17, 15) is 14.4 Å². The number of morpholine rings is 1. The number of hydrogen-bond acceptors (Lipinski definition) is 6. The lowest BCUT2D eigenvalue weighted by Gasteiger charge is -2.32. The molecule has 2 heterocycles. The number of carbonyl (C=O) groups excluding carboxylic acids is 1. The zero-order chi connectivity index (χ0) is 29.5. The molecule has 1 aliphatic heterocycles. The predicted octanol–water partition coefficient (Wildman–Crippen LogP) is 5.00. The van der Waals surface area contributed by atoms with Crippen LogP contribution in [-0.2, 0) is 18.3 Å². The topological polar surface area (TPSA) is 99.6 Å². The Morgan fingerprint density at radius 2 is 1.76 bits per heavy atom. The number of aromatic nitrogens is 2. The van der Waals surface area contributed by atoms with Gasteiger partial charge < -0.3 is 14.6 Å². The summed E-state index contributed by atoms with van der Waals surface area (Å²) < 4.78 is 23.0. The Labute approximate surface area is 248 Å². The van der Waals surface area contributed by atoms with E-state index in [4.69, 9.17) is 21.9 Å². The molecular formula is C31H30FN7O2S. The molecule has 1 atom stereocenters. The van der Waals surface area contributed by atoms with E-state index in [-0.39, 0.29) is 29.8 Å². The van der Waals surface area contributed by atoms with Crippen molar-refractivity contribution in [3.05, 3.63) is 112 Å². The Morgan fingerprint density at radius 3 is 2.45 bits per heavy atom. The van der Waals surface area contributed by atoms with Gasteiger partial charge in [-0.2, -0.15) is 5.26 Å². The van der Waals surface area contributed by atoms with Gasteiger partial charge in [0.25, 0.3) is 0 Å². The highest BCUT2D eigenvalue weighted by atomic mass is 32.1. The van der Waals surface area contributed by atoms with Crippen LogP contribution in [0.3, 0.4) is 0 Å². The molecule has 1 fully saturated rings. The van der Waals surface area contributed by atoms with Crippen molar-refractivity contribution in [1.82, 2.24) is 14.0 Å². The van der Waals surface area contributed by atoms with E-state index in [0.29, 0.717) is 35.6 Å². The molecule has 0 radical (unpaired) electrons. The van der Waals surface area contributed by atoms with Crippen LogP contribution in [0.15, 0.2) is 89.9 Å². The number of carbonyl (C=O) groups is 1. The molecule has 5 rings (SSSR count). The Hall–Kier alpha value is -4.63. The molecule has 1 unspecified atom stereocenters. The zero-order valence-corrected chi connectivity index (χ0v) is 23.9. The molecule has 42 heavy (non-hydrogen) atoms. The van der Waals surface area contributed by atoms with Crippen LogP contribution in [-0.4, -0.2) is 52.4 Å². The van der Waals surface area contributed by atoms with Crippen molar-refractivity contribution in [3.63, 3.8) is 0 Å². The van der Waals surface area contributed by atoms with Crippen LogP contribution in [0.5, 0.6) is 0 Å². The third-order valence-corrected chi connectivity index (χ3v) is 7.32. The summed E-state index contributed by atoms with van der Waals surface area (Å²) >= 11 is 5.83. The summed E-state index contributed by atoms with van der Waals surface area (Å²) in [5.41, 5.74) is 2.84. The van der Waals surface area contributed by atoms with Crippen molar-refractivity contribution in [3.8, 4) is 11.8 Å². The maximum absolute atomic E-state index is 13.3. The largest absolute Gasteiger partial charge is 0.374 e. The quantitative estimate of drug-likeness (QED) is 0.298. The second-order valence-corrected chi connectivity index (χ2v) is 10.2. The average Bonchev–Trinajstić information content (AvgIpc) is 3.01. The minimum absolute atomic E-state index is 0.164. The van der Waals surface area contributed by atoms with Gasteiger partial charge in [0.1, 0.15) is 23.3 Å². The lowest BCUT2D eigenvalue weighted by atomic mass is 10.2. The van der Waals surface area contributed by atoms with E-state index in [1.807, 2.05) is 48.5 Å². The molecule has 2 N–H and O–H groups in total. The number of urea groups is 1. The number of benzene rings is 3. The molecule has 4 aromatic rings. The van der Waals surface area contributed by atoms with E-state index < -0.39 is 6.03 Å². The molecule has 0 bridgehead atoms. The van der Waals surface area contributed by atoms with E-state index in [1.54, 1.807) is 40.4 Å². The van der Waals surface area contributed by atoms with Crippen molar-refractivity contribution in [1.29, 1.82) is 5.26 Å². The van der Waals surface area contributed by atoms with Gasteiger partial charge in [-0.3, -0.25) is 19.8 Å². The SMILES string of the molecule is Cn1c(NC(=O)Nc2ccccc2)c(C#N)c(=NCC2CN(Cc3ccc(F)cc3)CCO2)n(-c2ccccc2)c1=S. The normalized spacial score (nSPS) is 15.6. The standard InChI is InChI=1S/C31H30FN7O2S/c1-37-29(36-30(40)35-24-8-4-2-5-9-24)27(18-33)28(39(31(37)42)25-10-6-3-7-11-25)34-19-26-21-38(16-17-41-26)20-22-12-14-23(32)15-13-22/h2-15,26H,16-17,19-21H2,1H3,(H2,35,36,40). The van der Waals surface area contributed by atoms with Crippen LogP contribution in [0.1, 0.15) is 11.1 Å². The Balaban J connectivity index is 1.48. The maximum atomic E-state index is 13.3. The highest BCUT2D eigenvalue weighted by Gasteiger charge is 2.22. The van der Waals surface area contributed by atoms with Gasteiger partial charge in [0.15, 0.2) is 10.3 Å². The Morgan fingerprint density at radius 1 is 1.07 bits per heavy atom. The first-order chi connectivity index (χ1) is 20.4. The molecule has 9 nitrogen and oxygen atoms in total. The van der Waals surface area contributed by atoms with Gasteiger partial charge in [-0.05, 0) is 54.2 Å². The molecule has 1 aliphatic rings. The smallest absolute Gasteiger partial charge is 0.324 e. The monoisotopic (exact) mass is 583 g/mol. The van der Waals surface area contributed by atoms with Gasteiger partial charge in [-0.1, -0.05) is 48.5 Å². The Kier molecular flexibility index (Phi) is 9.18. The first kappa shape index (κ1) is 28.9. The maximum Gasteiger partial charge on any atom is 0.324 e. The number of para-hydroxylation sites is 2. The molecule has 2 amide bonds. The average molecular weight is 584 g/mol. The van der Waals surface area contributed by atoms with Crippen LogP contribution in [0, 0.1) is 21.9 Å². The van der Waals surface area contributed by atoms with Crippen LogP contribution in [0.25, 0.3) is 5.69 Å². The fourth-order valence-electron chi connectivity index (χ4n) is 4.79. The van der Waals surface area contributed by atoms with Crippen molar-refractivity contribution in [2.45, 2.75) is 12.6 Å². The number of hydrogen-bond donors (Lipinski definition) is 2. The van der Waals surface area contributed by atoms with Gasteiger partial charge in [0.2, 0.25) is 0 Å². The van der Waals surface area contributed by atoms with Gasteiger partial charge in [-0.15, -0.1) is 0 Å². The molecule has 3 aromatic carbocycles. The number of nitriles is 1. The molecule has 0 saturated carbocycles. The zero-order valence-electron chi connectivity index (χ0n) is 23.0. The van der Waals surface area contributed by atoms with Gasteiger partial charge in [0, 0.05) is 38.1 Å². The molecule has 1 saturated heterocycles. The van der Waals surface area contributed by atoms with E-state index in [1.165, 1.54) is 12.1 Å². The molecule has 0 aliphatic carbocycles. The number of ether oxygens (including phenoxy) is 1. The number of rotatable bonds is 7. The highest BCUT2D eigenvalue weighted by molar-refractivity contribution is 7.71. The van der Waals surface area contributed by atoms with Gasteiger partial charge in [-0.25, -0.2) is 9.18 Å².